The van der Waals surface area contributed by atoms with Crippen molar-refractivity contribution in [2.24, 2.45) is 28.6 Å². The first-order chi connectivity index (χ1) is 17.1. The number of fused-ring (bicyclic) bond motifs is 5. The van der Waals surface area contributed by atoms with Crippen LogP contribution in [-0.2, 0) is 14.3 Å². The van der Waals surface area contributed by atoms with E-state index in [4.69, 9.17) is 9.15 Å². The number of ether oxygens (including phenoxy) is 1. The fourth-order valence-electron chi connectivity index (χ4n) is 8.28. The Bertz CT molecular complexity index is 1270. The van der Waals surface area contributed by atoms with Gasteiger partial charge >= 0.3 is 5.97 Å². The smallest absolute Gasteiger partial charge is 0.342 e. The third kappa shape index (κ3) is 3.16. The van der Waals surface area contributed by atoms with E-state index in [0.717, 1.165) is 6.08 Å². The zero-order chi connectivity index (χ0) is 27.3. The van der Waals surface area contributed by atoms with Crippen LogP contribution in [0.1, 0.15) is 61.9 Å². The maximum atomic E-state index is 17.4. The Morgan fingerprint density at radius 3 is 2.49 bits per heavy atom. The molecule has 0 aromatic carbocycles. The van der Waals surface area contributed by atoms with Crippen LogP contribution in [0.3, 0.4) is 0 Å². The van der Waals surface area contributed by atoms with Crippen LogP contribution < -0.4 is 0 Å². The van der Waals surface area contributed by atoms with Gasteiger partial charge in [-0.1, -0.05) is 19.9 Å². The number of thiol groups is 1. The molecule has 0 saturated heterocycles. The third-order valence-corrected chi connectivity index (χ3v) is 10.3. The van der Waals surface area contributed by atoms with E-state index in [9.17, 15) is 19.5 Å². The van der Waals surface area contributed by atoms with Crippen LogP contribution in [0.25, 0.3) is 0 Å². The number of aliphatic hydroxyl groups excluding tert-OH is 1. The summed E-state index contributed by atoms with van der Waals surface area (Å²) in [6, 6.07) is 1.52. The number of rotatable bonds is 3. The molecule has 1 aromatic heterocycles. The zero-order valence-corrected chi connectivity index (χ0v) is 22.4. The molecule has 5 unspecified atom stereocenters. The fraction of sp³-hybridized carbons (Fsp3) is 0.607. The molecule has 0 aliphatic heterocycles. The van der Waals surface area contributed by atoms with Crippen LogP contribution in [0.4, 0.5) is 8.78 Å². The summed E-state index contributed by atoms with van der Waals surface area (Å²) in [7, 11) is 0. The van der Waals surface area contributed by atoms with Crippen LogP contribution >= 0.6 is 12.6 Å². The van der Waals surface area contributed by atoms with Crippen LogP contribution in [0.15, 0.2) is 34.3 Å². The molecule has 1 heterocycles. The van der Waals surface area contributed by atoms with Crippen molar-refractivity contribution in [2.75, 3.05) is 0 Å². The molecule has 3 saturated carbocycles. The molecule has 6 nitrogen and oxygen atoms in total. The summed E-state index contributed by atoms with van der Waals surface area (Å²) < 4.78 is 44.5. The molecule has 0 bridgehead atoms. The van der Waals surface area contributed by atoms with E-state index in [1.165, 1.54) is 25.1 Å². The van der Waals surface area contributed by atoms with Gasteiger partial charge in [-0.3, -0.25) is 9.59 Å². The number of furan rings is 1. The first-order valence-corrected chi connectivity index (χ1v) is 13.1. The molecule has 9 heteroatoms. The van der Waals surface area contributed by atoms with Crippen molar-refractivity contribution in [2.45, 2.75) is 77.4 Å². The predicted molar refractivity (Wildman–Crippen MR) is 134 cm³/mol. The van der Waals surface area contributed by atoms with E-state index in [1.807, 2.05) is 0 Å². The quantitative estimate of drug-likeness (QED) is 0.427. The average Bonchev–Trinajstić information content (AvgIpc) is 3.25. The number of alkyl halides is 2. The largest absolute Gasteiger partial charge is 0.466 e. The summed E-state index contributed by atoms with van der Waals surface area (Å²) in [6.45, 7) is 8.27. The third-order valence-electron chi connectivity index (χ3n) is 10.0. The Morgan fingerprint density at radius 2 is 1.89 bits per heavy atom. The summed E-state index contributed by atoms with van der Waals surface area (Å²) in [5, 5.41) is 10.8. The van der Waals surface area contributed by atoms with E-state index >= 15 is 8.78 Å². The Balaban J connectivity index is 1.62. The topological polar surface area (TPSA) is 93.8 Å². The van der Waals surface area contributed by atoms with Gasteiger partial charge in [0.05, 0.1) is 6.10 Å². The minimum Gasteiger partial charge on any atom is -0.466 e. The van der Waals surface area contributed by atoms with Crippen molar-refractivity contribution < 1.29 is 37.4 Å². The lowest BCUT2D eigenvalue weighted by molar-refractivity contribution is -0.221. The summed E-state index contributed by atoms with van der Waals surface area (Å²) >= 11 is 4.17. The molecule has 3 fully saturated rings. The van der Waals surface area contributed by atoms with Crippen LogP contribution in [0.2, 0.25) is 0 Å². The SMILES string of the molecule is Cc1cc(C(=O)OC2(C(=O)S)C(C)C[C@H]3[C@@H]4CC(F)C5=CC(=O)C=C[C@]5(C)C4(F)C(O)C[C@@]32C)c(C)o1. The molecule has 5 rings (SSSR count). The van der Waals surface area contributed by atoms with Crippen LogP contribution in [0, 0.1) is 42.4 Å². The van der Waals surface area contributed by atoms with Gasteiger partial charge in [-0.2, -0.15) is 0 Å². The average molecular weight is 535 g/mol. The summed E-state index contributed by atoms with van der Waals surface area (Å²) in [5.41, 5.74) is -6.63. The van der Waals surface area contributed by atoms with Gasteiger partial charge < -0.3 is 14.3 Å². The van der Waals surface area contributed by atoms with Gasteiger partial charge in [0.1, 0.15) is 23.3 Å². The summed E-state index contributed by atoms with van der Waals surface area (Å²) in [4.78, 5) is 38.6. The monoisotopic (exact) mass is 534 g/mol. The number of aliphatic hydroxyl groups is 1. The molecule has 4 aliphatic carbocycles. The first kappa shape index (κ1) is 26.4. The molecule has 9 atom stereocenters. The predicted octanol–water partition coefficient (Wildman–Crippen LogP) is 4.81. The second-order valence-corrected chi connectivity index (χ2v) is 12.2. The highest BCUT2D eigenvalue weighted by atomic mass is 32.1. The van der Waals surface area contributed by atoms with E-state index < -0.39 is 69.0 Å². The number of esters is 1. The number of halogens is 2. The van der Waals surface area contributed by atoms with E-state index in [-0.39, 0.29) is 30.4 Å². The minimum atomic E-state index is -2.29. The highest BCUT2D eigenvalue weighted by Crippen LogP contribution is 2.71. The zero-order valence-electron chi connectivity index (χ0n) is 21.5. The maximum Gasteiger partial charge on any atom is 0.342 e. The number of aryl methyl sites for hydroxylation is 2. The molecular weight excluding hydrogens is 502 g/mol. The van der Waals surface area contributed by atoms with E-state index in [1.54, 1.807) is 27.7 Å². The second-order valence-electron chi connectivity index (χ2n) is 11.8. The highest BCUT2D eigenvalue weighted by Gasteiger charge is 2.78. The van der Waals surface area contributed by atoms with Crippen molar-refractivity contribution in [3.63, 3.8) is 0 Å². The van der Waals surface area contributed by atoms with Crippen molar-refractivity contribution in [3.05, 3.63) is 47.0 Å². The molecule has 0 amide bonds. The van der Waals surface area contributed by atoms with Crippen molar-refractivity contribution >= 4 is 29.5 Å². The number of allylic oxidation sites excluding steroid dienone is 4. The van der Waals surface area contributed by atoms with Crippen molar-refractivity contribution in [3.8, 4) is 0 Å². The van der Waals surface area contributed by atoms with Gasteiger partial charge in [-0.15, -0.1) is 12.6 Å². The van der Waals surface area contributed by atoms with Gasteiger partial charge in [0.15, 0.2) is 17.1 Å². The lowest BCUT2D eigenvalue weighted by Crippen LogP contribution is -2.70. The van der Waals surface area contributed by atoms with Gasteiger partial charge in [-0.05, 0) is 69.7 Å². The maximum absolute atomic E-state index is 17.4. The molecule has 4 aliphatic rings. The highest BCUT2D eigenvalue weighted by molar-refractivity contribution is 7.96. The van der Waals surface area contributed by atoms with Crippen LogP contribution in [0.5, 0.6) is 0 Å². The molecule has 1 aromatic rings. The number of carbonyl (C=O) groups excluding carboxylic acids is 3. The second kappa shape index (κ2) is 8.12. The number of hydrogen-bond acceptors (Lipinski definition) is 6. The molecule has 0 spiro atoms. The first-order valence-electron chi connectivity index (χ1n) is 12.6. The Kier molecular flexibility index (Phi) is 5.78. The Hall–Kier alpha value is -2.26. The molecule has 0 radical (unpaired) electrons. The van der Waals surface area contributed by atoms with E-state index in [0.29, 0.717) is 11.5 Å². The lowest BCUT2D eigenvalue weighted by Gasteiger charge is -2.63. The molecular formula is C28H32F2O6S. The van der Waals surface area contributed by atoms with E-state index in [2.05, 4.69) is 12.6 Å². The standard InChI is InChI=1S/C28H32F2O6S/c1-13-8-18-19-11-21(29)20-10-16(31)6-7-25(20,4)27(19,30)22(32)12-26(18,5)28(13,24(34)37)36-23(33)17-9-14(2)35-15(17)3/h6-7,9-10,13,18-19,21-22,32H,8,11-12H2,1-5H3,(H,34,37)/t13?,18-,19-,21?,22?,25-,26-,27?,28?/m0/s1. The molecule has 1 N–H and O–H groups in total. The Morgan fingerprint density at radius 1 is 1.22 bits per heavy atom. The molecule has 200 valence electrons. The normalized spacial score (nSPS) is 44.5. The van der Waals surface area contributed by atoms with Crippen molar-refractivity contribution in [1.29, 1.82) is 0 Å². The number of carbonyl (C=O) groups is 3. The van der Waals surface area contributed by atoms with Gasteiger partial charge in [0.25, 0.3) is 0 Å². The van der Waals surface area contributed by atoms with Gasteiger partial charge in [0, 0.05) is 22.7 Å². The number of ketones is 1. The van der Waals surface area contributed by atoms with Gasteiger partial charge in [-0.25, -0.2) is 13.6 Å². The van der Waals surface area contributed by atoms with Crippen molar-refractivity contribution in [1.82, 2.24) is 0 Å². The lowest BCUT2D eigenvalue weighted by atomic mass is 9.44. The van der Waals surface area contributed by atoms with Crippen LogP contribution in [-0.4, -0.2) is 45.5 Å². The van der Waals surface area contributed by atoms with Gasteiger partial charge in [0.2, 0.25) is 5.12 Å². The Labute approximate surface area is 219 Å². The minimum absolute atomic E-state index is 0.0289. The summed E-state index contributed by atoms with van der Waals surface area (Å²) in [5.74, 6) is -2.53. The summed E-state index contributed by atoms with van der Waals surface area (Å²) in [6.07, 6.45) is 0.314. The fourth-order valence-corrected chi connectivity index (χ4v) is 8.80. The molecule has 37 heavy (non-hydrogen) atoms. The number of hydrogen-bond donors (Lipinski definition) is 2.